The molecule has 7 heteroatoms. The first kappa shape index (κ1) is 19.3. The summed E-state index contributed by atoms with van der Waals surface area (Å²) >= 11 is 6.07. The van der Waals surface area contributed by atoms with E-state index in [2.05, 4.69) is 5.32 Å². The van der Waals surface area contributed by atoms with Gasteiger partial charge in [-0.3, -0.25) is 9.10 Å². The van der Waals surface area contributed by atoms with Crippen molar-refractivity contribution in [2.45, 2.75) is 26.8 Å². The monoisotopic (exact) mass is 380 g/mol. The molecule has 2 rings (SSSR count). The van der Waals surface area contributed by atoms with Gasteiger partial charge in [0.1, 0.15) is 6.04 Å². The van der Waals surface area contributed by atoms with Gasteiger partial charge in [-0.25, -0.2) is 8.42 Å². The Morgan fingerprint density at radius 1 is 1.16 bits per heavy atom. The van der Waals surface area contributed by atoms with Crippen LogP contribution < -0.4 is 9.62 Å². The summed E-state index contributed by atoms with van der Waals surface area (Å²) in [5, 5.41) is 3.25. The van der Waals surface area contributed by atoms with Gasteiger partial charge in [-0.1, -0.05) is 29.8 Å². The number of benzene rings is 2. The number of carbonyl (C=O) groups excluding carboxylic acids is 1. The summed E-state index contributed by atoms with van der Waals surface area (Å²) in [6, 6.07) is 11.3. The number of hydrogen-bond donors (Lipinski definition) is 1. The third-order valence-electron chi connectivity index (χ3n) is 3.78. The molecule has 0 aliphatic carbocycles. The molecule has 2 aromatic carbocycles. The van der Waals surface area contributed by atoms with Crippen molar-refractivity contribution >= 4 is 38.9 Å². The van der Waals surface area contributed by atoms with Gasteiger partial charge in [-0.2, -0.15) is 0 Å². The van der Waals surface area contributed by atoms with Gasteiger partial charge in [0.25, 0.3) is 0 Å². The van der Waals surface area contributed by atoms with Gasteiger partial charge < -0.3 is 5.32 Å². The van der Waals surface area contributed by atoms with Crippen molar-refractivity contribution in [2.75, 3.05) is 15.9 Å². The second-order valence-electron chi connectivity index (χ2n) is 6.03. The highest BCUT2D eigenvalue weighted by Gasteiger charge is 2.29. The summed E-state index contributed by atoms with van der Waals surface area (Å²) < 4.78 is 25.6. The number of rotatable bonds is 5. The number of anilines is 2. The molecular formula is C18H21ClN2O3S. The van der Waals surface area contributed by atoms with Crippen molar-refractivity contribution in [1.29, 1.82) is 0 Å². The number of nitrogens with one attached hydrogen (secondary N) is 1. The van der Waals surface area contributed by atoms with Crippen LogP contribution in [0.15, 0.2) is 42.5 Å². The van der Waals surface area contributed by atoms with Crippen LogP contribution in [0.1, 0.15) is 18.1 Å². The van der Waals surface area contributed by atoms with Crippen LogP contribution in [-0.4, -0.2) is 26.6 Å². The lowest BCUT2D eigenvalue weighted by molar-refractivity contribution is -0.116. The minimum Gasteiger partial charge on any atom is -0.324 e. The molecule has 0 spiro atoms. The maximum absolute atomic E-state index is 12.6. The fourth-order valence-electron chi connectivity index (χ4n) is 2.49. The fourth-order valence-corrected chi connectivity index (χ4v) is 3.84. The summed E-state index contributed by atoms with van der Waals surface area (Å²) in [5.41, 5.74) is 2.77. The molecule has 1 amide bonds. The molecule has 0 fully saturated rings. The predicted octanol–water partition coefficient (Wildman–Crippen LogP) is 3.75. The van der Waals surface area contributed by atoms with Gasteiger partial charge in [-0.05, 0) is 56.2 Å². The average Bonchev–Trinajstić information content (AvgIpc) is 2.49. The average molecular weight is 381 g/mol. The van der Waals surface area contributed by atoms with Crippen molar-refractivity contribution in [3.05, 3.63) is 58.6 Å². The van der Waals surface area contributed by atoms with E-state index in [-0.39, 0.29) is 0 Å². The Labute approximate surface area is 153 Å². The van der Waals surface area contributed by atoms with Crippen LogP contribution in [0.4, 0.5) is 11.4 Å². The zero-order valence-corrected chi connectivity index (χ0v) is 16.1. The molecular weight excluding hydrogens is 360 g/mol. The second kappa shape index (κ2) is 7.45. The maximum atomic E-state index is 12.6. The molecule has 0 aromatic heterocycles. The van der Waals surface area contributed by atoms with E-state index in [0.717, 1.165) is 21.7 Å². The lowest BCUT2D eigenvalue weighted by Gasteiger charge is -2.28. The predicted molar refractivity (Wildman–Crippen MR) is 103 cm³/mol. The number of hydrogen-bond acceptors (Lipinski definition) is 3. The van der Waals surface area contributed by atoms with Crippen LogP contribution in [0.3, 0.4) is 0 Å². The normalized spacial score (nSPS) is 12.5. The number of sulfonamides is 1. The van der Waals surface area contributed by atoms with Crippen LogP contribution in [0.5, 0.6) is 0 Å². The molecule has 0 aliphatic heterocycles. The first-order chi connectivity index (χ1) is 11.6. The summed E-state index contributed by atoms with van der Waals surface area (Å²) in [6.07, 6.45) is 1.09. The Morgan fingerprint density at radius 2 is 1.84 bits per heavy atom. The van der Waals surface area contributed by atoms with Gasteiger partial charge >= 0.3 is 0 Å². The van der Waals surface area contributed by atoms with E-state index < -0.39 is 22.0 Å². The van der Waals surface area contributed by atoms with E-state index in [1.807, 2.05) is 19.9 Å². The number of nitrogens with zero attached hydrogens (tertiary/aromatic N) is 1. The first-order valence-corrected chi connectivity index (χ1v) is 9.95. The van der Waals surface area contributed by atoms with Crippen LogP contribution in [0.2, 0.25) is 5.02 Å². The van der Waals surface area contributed by atoms with Crippen LogP contribution in [-0.2, 0) is 14.8 Å². The Balaban J connectivity index is 2.31. The van der Waals surface area contributed by atoms with E-state index in [0.29, 0.717) is 16.4 Å². The van der Waals surface area contributed by atoms with Gasteiger partial charge in [-0.15, -0.1) is 0 Å². The van der Waals surface area contributed by atoms with E-state index in [1.165, 1.54) is 0 Å². The van der Waals surface area contributed by atoms with Crippen molar-refractivity contribution < 1.29 is 13.2 Å². The lowest BCUT2D eigenvalue weighted by Crippen LogP contribution is -2.45. The van der Waals surface area contributed by atoms with E-state index in [9.17, 15) is 13.2 Å². The largest absolute Gasteiger partial charge is 0.324 e. The van der Waals surface area contributed by atoms with Crippen LogP contribution in [0.25, 0.3) is 0 Å². The summed E-state index contributed by atoms with van der Waals surface area (Å²) in [6.45, 7) is 5.28. The number of amides is 1. The molecule has 0 bridgehead atoms. The molecule has 0 heterocycles. The van der Waals surface area contributed by atoms with Crippen molar-refractivity contribution in [1.82, 2.24) is 0 Å². The minimum atomic E-state index is -3.64. The molecule has 2 aromatic rings. The van der Waals surface area contributed by atoms with Gasteiger partial charge in [0.2, 0.25) is 15.9 Å². The molecule has 0 radical (unpaired) electrons. The highest BCUT2D eigenvalue weighted by Crippen LogP contribution is 2.24. The molecule has 25 heavy (non-hydrogen) atoms. The SMILES string of the molecule is Cc1cccc(N(C(C)C(=O)Nc2ccc(C)c(Cl)c2)S(C)(=O)=O)c1. The maximum Gasteiger partial charge on any atom is 0.247 e. The van der Waals surface area contributed by atoms with Gasteiger partial charge in [0.15, 0.2) is 0 Å². The molecule has 1 atom stereocenters. The van der Waals surface area contributed by atoms with E-state index >= 15 is 0 Å². The highest BCUT2D eigenvalue weighted by molar-refractivity contribution is 7.92. The van der Waals surface area contributed by atoms with Crippen molar-refractivity contribution in [3.63, 3.8) is 0 Å². The topological polar surface area (TPSA) is 66.5 Å². The standard InChI is InChI=1S/C18H21ClN2O3S/c1-12-6-5-7-16(10-12)21(25(4,23)24)14(3)18(22)20-15-9-8-13(2)17(19)11-15/h5-11,14H,1-4H3,(H,20,22). The third kappa shape index (κ3) is 4.74. The molecule has 0 aliphatic rings. The molecule has 0 saturated carbocycles. The van der Waals surface area contributed by atoms with Gasteiger partial charge in [0, 0.05) is 10.7 Å². The zero-order chi connectivity index (χ0) is 18.8. The van der Waals surface area contributed by atoms with E-state index in [4.69, 9.17) is 11.6 Å². The Kier molecular flexibility index (Phi) is 5.75. The Bertz CT molecular complexity index is 897. The lowest BCUT2D eigenvalue weighted by atomic mass is 10.2. The molecule has 1 unspecified atom stereocenters. The highest BCUT2D eigenvalue weighted by atomic mass is 35.5. The third-order valence-corrected chi connectivity index (χ3v) is 5.43. The smallest absolute Gasteiger partial charge is 0.247 e. The first-order valence-electron chi connectivity index (χ1n) is 7.72. The van der Waals surface area contributed by atoms with Crippen molar-refractivity contribution in [2.24, 2.45) is 0 Å². The molecule has 1 N–H and O–H groups in total. The quantitative estimate of drug-likeness (QED) is 0.858. The summed E-state index contributed by atoms with van der Waals surface area (Å²) in [5.74, 6) is -0.438. The number of aryl methyl sites for hydroxylation is 2. The Hall–Kier alpha value is -2.05. The van der Waals surface area contributed by atoms with Crippen LogP contribution in [0, 0.1) is 13.8 Å². The molecule has 5 nitrogen and oxygen atoms in total. The van der Waals surface area contributed by atoms with E-state index in [1.54, 1.807) is 43.3 Å². The zero-order valence-electron chi connectivity index (χ0n) is 14.6. The molecule has 134 valence electrons. The minimum absolute atomic E-state index is 0.438. The summed E-state index contributed by atoms with van der Waals surface area (Å²) in [4.78, 5) is 12.6. The van der Waals surface area contributed by atoms with Gasteiger partial charge in [0.05, 0.1) is 11.9 Å². The second-order valence-corrected chi connectivity index (χ2v) is 8.29. The van der Waals surface area contributed by atoms with Crippen LogP contribution >= 0.6 is 11.6 Å². The number of carbonyl (C=O) groups is 1. The molecule has 0 saturated heterocycles. The number of halogens is 1. The fraction of sp³-hybridized carbons (Fsp3) is 0.278. The van der Waals surface area contributed by atoms with Crippen molar-refractivity contribution in [3.8, 4) is 0 Å². The summed E-state index contributed by atoms with van der Waals surface area (Å²) in [7, 11) is -3.64. The Morgan fingerprint density at radius 3 is 2.40 bits per heavy atom.